The molecule has 0 aliphatic heterocycles. The van der Waals surface area contributed by atoms with Crippen molar-refractivity contribution in [2.45, 2.75) is 17.7 Å². The summed E-state index contributed by atoms with van der Waals surface area (Å²) in [7, 11) is 0. The molecule has 0 amide bonds. The molecule has 2 aromatic rings. The second-order valence-electron chi connectivity index (χ2n) is 3.65. The summed E-state index contributed by atoms with van der Waals surface area (Å²) in [6.45, 7) is 1.90. The van der Waals surface area contributed by atoms with Crippen molar-refractivity contribution in [3.63, 3.8) is 0 Å². The quantitative estimate of drug-likeness (QED) is 0.625. The molecule has 1 heterocycles. The number of alkyl halides is 1. The molecule has 5 heteroatoms. The standard InChI is InChI=1S/C13H13ClN2OS/c1-9-10(7-14)8-15-13(16-9)17-11-5-3-4-6-12(11)18-2/h3-6,8H,7H2,1-2H3. The van der Waals surface area contributed by atoms with Crippen molar-refractivity contribution in [3.8, 4) is 11.8 Å². The average Bonchev–Trinajstić information content (AvgIpc) is 2.39. The summed E-state index contributed by atoms with van der Waals surface area (Å²) >= 11 is 7.39. The number of halogens is 1. The molecule has 18 heavy (non-hydrogen) atoms. The number of para-hydroxylation sites is 1. The van der Waals surface area contributed by atoms with Gasteiger partial charge in [-0.15, -0.1) is 23.4 Å². The highest BCUT2D eigenvalue weighted by atomic mass is 35.5. The number of hydrogen-bond acceptors (Lipinski definition) is 4. The molecule has 94 valence electrons. The third-order valence-corrected chi connectivity index (χ3v) is 3.54. The lowest BCUT2D eigenvalue weighted by Gasteiger charge is -2.08. The molecule has 0 unspecified atom stereocenters. The summed E-state index contributed by atoms with van der Waals surface area (Å²) in [6, 6.07) is 8.15. The van der Waals surface area contributed by atoms with Crippen molar-refractivity contribution in [1.82, 2.24) is 9.97 Å². The Hall–Kier alpha value is -1.26. The van der Waals surface area contributed by atoms with E-state index in [1.807, 2.05) is 37.4 Å². The van der Waals surface area contributed by atoms with Crippen molar-refractivity contribution in [2.24, 2.45) is 0 Å². The zero-order chi connectivity index (χ0) is 13.0. The van der Waals surface area contributed by atoms with Crippen molar-refractivity contribution in [1.29, 1.82) is 0 Å². The van der Waals surface area contributed by atoms with Crippen molar-refractivity contribution >= 4 is 23.4 Å². The maximum absolute atomic E-state index is 5.77. The van der Waals surface area contributed by atoms with Crippen LogP contribution in [0.25, 0.3) is 0 Å². The Morgan fingerprint density at radius 1 is 1.33 bits per heavy atom. The number of ether oxygens (including phenoxy) is 1. The first-order chi connectivity index (χ1) is 8.74. The number of hydrogen-bond donors (Lipinski definition) is 0. The van der Waals surface area contributed by atoms with Gasteiger partial charge in [-0.1, -0.05) is 12.1 Å². The van der Waals surface area contributed by atoms with Gasteiger partial charge in [-0.2, -0.15) is 4.98 Å². The van der Waals surface area contributed by atoms with Gasteiger partial charge in [0.05, 0.1) is 5.88 Å². The molecular formula is C13H13ClN2OS. The van der Waals surface area contributed by atoms with Crippen molar-refractivity contribution in [3.05, 3.63) is 41.7 Å². The summed E-state index contributed by atoms with van der Waals surface area (Å²) in [6.07, 6.45) is 3.71. The smallest absolute Gasteiger partial charge is 0.322 e. The number of nitrogens with zero attached hydrogens (tertiary/aromatic N) is 2. The van der Waals surface area contributed by atoms with Crippen LogP contribution in [0.1, 0.15) is 11.3 Å². The second-order valence-corrected chi connectivity index (χ2v) is 4.77. The molecule has 0 radical (unpaired) electrons. The van der Waals surface area contributed by atoms with Gasteiger partial charge in [0.2, 0.25) is 0 Å². The highest BCUT2D eigenvalue weighted by Gasteiger charge is 2.07. The molecule has 0 aliphatic rings. The molecule has 0 saturated carbocycles. The second kappa shape index (κ2) is 6.07. The van der Waals surface area contributed by atoms with E-state index >= 15 is 0 Å². The van der Waals surface area contributed by atoms with Crippen LogP contribution in [0, 0.1) is 6.92 Å². The fourth-order valence-corrected chi connectivity index (χ4v) is 2.24. The fraction of sp³-hybridized carbons (Fsp3) is 0.231. The van der Waals surface area contributed by atoms with Gasteiger partial charge in [0, 0.05) is 22.3 Å². The maximum Gasteiger partial charge on any atom is 0.322 e. The summed E-state index contributed by atoms with van der Waals surface area (Å²) in [5.74, 6) is 1.18. The van der Waals surface area contributed by atoms with E-state index in [9.17, 15) is 0 Å². The Morgan fingerprint density at radius 3 is 2.78 bits per heavy atom. The summed E-state index contributed by atoms with van der Waals surface area (Å²) in [4.78, 5) is 9.50. The number of benzene rings is 1. The highest BCUT2D eigenvalue weighted by Crippen LogP contribution is 2.29. The molecule has 0 saturated heterocycles. The van der Waals surface area contributed by atoms with E-state index in [2.05, 4.69) is 9.97 Å². The Kier molecular flexibility index (Phi) is 4.44. The Bertz CT molecular complexity index is 548. The fourth-order valence-electron chi connectivity index (χ4n) is 1.45. The highest BCUT2D eigenvalue weighted by molar-refractivity contribution is 7.98. The molecule has 0 bridgehead atoms. The lowest BCUT2D eigenvalue weighted by Crippen LogP contribution is -1.97. The van der Waals surface area contributed by atoms with Crippen LogP contribution in [0.2, 0.25) is 0 Å². The Labute approximate surface area is 116 Å². The third kappa shape index (κ3) is 2.94. The van der Waals surface area contributed by atoms with Gasteiger partial charge in [-0.05, 0) is 25.3 Å². The van der Waals surface area contributed by atoms with Crippen LogP contribution in [0.3, 0.4) is 0 Å². The van der Waals surface area contributed by atoms with Crippen molar-refractivity contribution < 1.29 is 4.74 Å². The minimum Gasteiger partial charge on any atom is -0.423 e. The minimum absolute atomic E-state index is 0.350. The number of aromatic nitrogens is 2. The van der Waals surface area contributed by atoms with Gasteiger partial charge in [-0.3, -0.25) is 0 Å². The zero-order valence-electron chi connectivity index (χ0n) is 10.2. The van der Waals surface area contributed by atoms with Gasteiger partial charge in [0.1, 0.15) is 5.75 Å². The summed E-state index contributed by atoms with van der Waals surface area (Å²) < 4.78 is 5.69. The summed E-state index contributed by atoms with van der Waals surface area (Å²) in [5.41, 5.74) is 1.76. The van der Waals surface area contributed by atoms with E-state index < -0.39 is 0 Å². The van der Waals surface area contributed by atoms with Gasteiger partial charge >= 0.3 is 6.01 Å². The average molecular weight is 281 g/mol. The van der Waals surface area contributed by atoms with Crippen LogP contribution in [-0.2, 0) is 5.88 Å². The molecule has 0 atom stereocenters. The first-order valence-corrected chi connectivity index (χ1v) is 7.20. The van der Waals surface area contributed by atoms with Gasteiger partial charge in [0.25, 0.3) is 0 Å². The number of rotatable bonds is 4. The molecule has 0 aliphatic carbocycles. The molecule has 1 aromatic carbocycles. The normalized spacial score (nSPS) is 10.4. The molecule has 0 fully saturated rings. The number of aryl methyl sites for hydroxylation is 1. The van der Waals surface area contributed by atoms with Crippen LogP contribution in [0.4, 0.5) is 0 Å². The topological polar surface area (TPSA) is 35.0 Å². The molecule has 1 aromatic heterocycles. The lowest BCUT2D eigenvalue weighted by molar-refractivity contribution is 0.430. The Morgan fingerprint density at radius 2 is 2.11 bits per heavy atom. The van der Waals surface area contributed by atoms with E-state index in [4.69, 9.17) is 16.3 Å². The maximum atomic E-state index is 5.77. The van der Waals surface area contributed by atoms with E-state index in [-0.39, 0.29) is 0 Å². The minimum atomic E-state index is 0.350. The van der Waals surface area contributed by atoms with Crippen LogP contribution >= 0.6 is 23.4 Å². The van der Waals surface area contributed by atoms with Crippen LogP contribution in [-0.4, -0.2) is 16.2 Å². The summed E-state index contributed by atoms with van der Waals surface area (Å²) in [5, 5.41) is 0. The van der Waals surface area contributed by atoms with Gasteiger partial charge in [-0.25, -0.2) is 4.98 Å². The molecule has 2 rings (SSSR count). The molecule has 0 spiro atoms. The third-order valence-electron chi connectivity index (χ3n) is 2.47. The molecule has 3 nitrogen and oxygen atoms in total. The predicted octanol–water partition coefficient (Wildman–Crippen LogP) is 4.04. The zero-order valence-corrected chi connectivity index (χ0v) is 11.8. The van der Waals surface area contributed by atoms with Gasteiger partial charge < -0.3 is 4.74 Å². The van der Waals surface area contributed by atoms with Crippen LogP contribution < -0.4 is 4.74 Å². The monoisotopic (exact) mass is 280 g/mol. The van der Waals surface area contributed by atoms with E-state index in [0.29, 0.717) is 11.9 Å². The van der Waals surface area contributed by atoms with Crippen LogP contribution in [0.15, 0.2) is 35.4 Å². The van der Waals surface area contributed by atoms with Gasteiger partial charge in [0.15, 0.2) is 0 Å². The largest absolute Gasteiger partial charge is 0.423 e. The molecule has 0 N–H and O–H groups in total. The Balaban J connectivity index is 2.26. The number of thioether (sulfide) groups is 1. The van der Waals surface area contributed by atoms with E-state index in [1.54, 1.807) is 18.0 Å². The van der Waals surface area contributed by atoms with Crippen LogP contribution in [0.5, 0.6) is 11.8 Å². The van der Waals surface area contributed by atoms with E-state index in [0.717, 1.165) is 21.9 Å². The van der Waals surface area contributed by atoms with E-state index in [1.165, 1.54) is 0 Å². The SMILES string of the molecule is CSc1ccccc1Oc1ncc(CCl)c(C)n1. The first-order valence-electron chi connectivity index (χ1n) is 5.44. The predicted molar refractivity (Wildman–Crippen MR) is 74.6 cm³/mol. The first kappa shape index (κ1) is 13.2. The van der Waals surface area contributed by atoms with Crippen molar-refractivity contribution in [2.75, 3.05) is 6.26 Å². The molecular weight excluding hydrogens is 268 g/mol. The lowest BCUT2D eigenvalue weighted by atomic mass is 10.3.